The monoisotopic (exact) mass is 398 g/mol. The maximum atomic E-state index is 13.4. The number of fused-ring (bicyclic) bond motifs is 5. The zero-order valence-electron chi connectivity index (χ0n) is 16.5. The highest BCUT2D eigenvalue weighted by Crippen LogP contribution is 2.38. The molecule has 2 heterocycles. The second-order valence-corrected chi connectivity index (χ2v) is 7.15. The first-order valence-corrected chi connectivity index (χ1v) is 9.51. The van der Waals surface area contributed by atoms with E-state index in [9.17, 15) is 9.59 Å². The van der Waals surface area contributed by atoms with Gasteiger partial charge in [0, 0.05) is 34.7 Å². The third-order valence-electron chi connectivity index (χ3n) is 5.16. The Morgan fingerprint density at radius 2 is 1.67 bits per heavy atom. The number of anilines is 1. The summed E-state index contributed by atoms with van der Waals surface area (Å²) in [6.45, 7) is 2.17. The molecule has 0 spiro atoms. The third-order valence-corrected chi connectivity index (χ3v) is 5.16. The minimum absolute atomic E-state index is 0.0995. The molecule has 0 atom stereocenters. The molecule has 5 rings (SSSR count). The molecule has 4 aromatic rings. The van der Waals surface area contributed by atoms with Crippen LogP contribution in [0.2, 0.25) is 0 Å². The van der Waals surface area contributed by atoms with E-state index in [0.717, 1.165) is 5.69 Å². The lowest BCUT2D eigenvalue weighted by molar-refractivity contribution is 0.104. The van der Waals surface area contributed by atoms with E-state index >= 15 is 0 Å². The number of benzene rings is 2. The summed E-state index contributed by atoms with van der Waals surface area (Å²) < 4.78 is 6.55. The summed E-state index contributed by atoms with van der Waals surface area (Å²) in [6, 6.07) is 16.3. The van der Waals surface area contributed by atoms with Crippen LogP contribution in [0.15, 0.2) is 59.4 Å². The Balaban J connectivity index is 1.80. The fourth-order valence-electron chi connectivity index (χ4n) is 3.97. The summed E-state index contributed by atoms with van der Waals surface area (Å²) in [5.41, 5.74) is 6.50. The molecule has 30 heavy (non-hydrogen) atoms. The van der Waals surface area contributed by atoms with Gasteiger partial charge in [0.15, 0.2) is 5.78 Å². The molecule has 1 N–H and O–H groups in total. The molecule has 1 aliphatic carbocycles. The minimum Gasteiger partial charge on any atom is -0.378 e. The highest BCUT2D eigenvalue weighted by atomic mass is 16.5. The number of carbonyl (C=O) groups excluding carboxylic acids is 1. The number of hydrogen-bond acceptors (Lipinski definition) is 6. The van der Waals surface area contributed by atoms with E-state index in [4.69, 9.17) is 4.74 Å². The zero-order valence-corrected chi connectivity index (χ0v) is 16.5. The number of ether oxygens (including phenoxy) is 1. The third kappa shape index (κ3) is 2.71. The Bertz CT molecular complexity index is 1390. The van der Waals surface area contributed by atoms with Gasteiger partial charge in [-0.1, -0.05) is 42.5 Å². The van der Waals surface area contributed by atoms with E-state index in [1.54, 1.807) is 25.3 Å². The smallest absolute Gasteiger partial charge is 0.277 e. The lowest BCUT2D eigenvalue weighted by Gasteiger charge is -2.16. The number of hydrogen-bond donors (Lipinski definition) is 1. The van der Waals surface area contributed by atoms with E-state index in [1.165, 1.54) is 4.68 Å². The Kier molecular flexibility index (Phi) is 4.18. The average Bonchev–Trinajstić information content (AvgIpc) is 3.04. The van der Waals surface area contributed by atoms with Crippen LogP contribution in [0.1, 0.15) is 27.3 Å². The van der Waals surface area contributed by atoms with Crippen LogP contribution in [-0.4, -0.2) is 27.5 Å². The lowest BCUT2D eigenvalue weighted by Crippen LogP contribution is -2.30. The maximum Gasteiger partial charge on any atom is 0.277 e. The number of ketones is 1. The summed E-state index contributed by atoms with van der Waals surface area (Å²) in [5.74, 6) is 0.163. The van der Waals surface area contributed by atoms with Gasteiger partial charge in [0.1, 0.15) is 0 Å². The average molecular weight is 398 g/mol. The first-order valence-electron chi connectivity index (χ1n) is 9.51. The molecule has 0 unspecified atom stereocenters. The van der Waals surface area contributed by atoms with Crippen molar-refractivity contribution < 1.29 is 9.53 Å². The standard InChI is InChI=1S/C23H18N4O3/c1-13-11-14(12-30-2)25-23(24-13)26-27-20-16-8-4-5-9-17(16)21(28)19(20)15-7-3-6-10-18(15)22(27)29/h3-11H,12H2,1-2H3,(H,24,25,26). The van der Waals surface area contributed by atoms with Gasteiger partial charge in [-0.05, 0) is 19.1 Å². The molecule has 0 saturated carbocycles. The van der Waals surface area contributed by atoms with Crippen LogP contribution in [0, 0.1) is 6.92 Å². The van der Waals surface area contributed by atoms with Crippen LogP contribution < -0.4 is 11.0 Å². The van der Waals surface area contributed by atoms with E-state index in [1.807, 2.05) is 43.3 Å². The summed E-state index contributed by atoms with van der Waals surface area (Å²) in [7, 11) is 1.59. The molecule has 148 valence electrons. The number of aryl methyl sites for hydroxylation is 1. The molecular formula is C23H18N4O3. The second kappa shape index (κ2) is 6.89. The Morgan fingerprint density at radius 1 is 0.967 bits per heavy atom. The van der Waals surface area contributed by atoms with Crippen molar-refractivity contribution >= 4 is 22.5 Å². The highest BCUT2D eigenvalue weighted by Gasteiger charge is 2.32. The van der Waals surface area contributed by atoms with Crippen LogP contribution in [0.4, 0.5) is 5.95 Å². The second-order valence-electron chi connectivity index (χ2n) is 7.15. The topological polar surface area (TPSA) is 86.1 Å². The van der Waals surface area contributed by atoms with Gasteiger partial charge in [-0.2, -0.15) is 0 Å². The summed E-state index contributed by atoms with van der Waals surface area (Å²) in [4.78, 5) is 35.5. The zero-order chi connectivity index (χ0) is 20.8. The van der Waals surface area contributed by atoms with Crippen LogP contribution >= 0.6 is 0 Å². The largest absolute Gasteiger partial charge is 0.378 e. The summed E-state index contributed by atoms with van der Waals surface area (Å²) >= 11 is 0. The van der Waals surface area contributed by atoms with Crippen molar-refractivity contribution in [3.63, 3.8) is 0 Å². The minimum atomic E-state index is -0.271. The SMILES string of the molecule is COCc1cc(C)nc(Nn2c3c(c4ccccc4c2=O)C(=O)c2ccccc2-3)n1. The van der Waals surface area contributed by atoms with Crippen molar-refractivity contribution in [1.82, 2.24) is 14.6 Å². The number of nitrogens with zero attached hydrogens (tertiary/aromatic N) is 3. The molecule has 2 aromatic heterocycles. The molecule has 0 amide bonds. The molecule has 2 aromatic carbocycles. The fraction of sp³-hybridized carbons (Fsp3) is 0.130. The Morgan fingerprint density at radius 3 is 2.43 bits per heavy atom. The van der Waals surface area contributed by atoms with Crippen LogP contribution in [-0.2, 0) is 11.3 Å². The van der Waals surface area contributed by atoms with Gasteiger partial charge in [0.25, 0.3) is 5.56 Å². The van der Waals surface area contributed by atoms with Crippen LogP contribution in [0.25, 0.3) is 22.0 Å². The molecule has 0 saturated heterocycles. The van der Waals surface area contributed by atoms with Crippen molar-refractivity contribution in [2.24, 2.45) is 0 Å². The predicted molar refractivity (Wildman–Crippen MR) is 114 cm³/mol. The number of nitrogens with one attached hydrogen (secondary N) is 1. The number of rotatable bonds is 4. The number of carbonyl (C=O) groups is 1. The lowest BCUT2D eigenvalue weighted by atomic mass is 10.0. The van der Waals surface area contributed by atoms with Crippen molar-refractivity contribution in [1.29, 1.82) is 0 Å². The van der Waals surface area contributed by atoms with E-state index in [2.05, 4.69) is 15.4 Å². The molecule has 0 aliphatic heterocycles. The van der Waals surface area contributed by atoms with Crippen molar-refractivity contribution in [3.05, 3.63) is 87.5 Å². The molecule has 7 heteroatoms. The summed E-state index contributed by atoms with van der Waals surface area (Å²) in [5, 5.41) is 1.09. The van der Waals surface area contributed by atoms with Gasteiger partial charge in [-0.15, -0.1) is 0 Å². The highest BCUT2D eigenvalue weighted by molar-refractivity contribution is 6.26. The Labute approximate surface area is 172 Å². The fourth-order valence-corrected chi connectivity index (χ4v) is 3.97. The first-order chi connectivity index (χ1) is 14.6. The number of pyridine rings is 1. The van der Waals surface area contributed by atoms with Gasteiger partial charge < -0.3 is 4.74 Å². The number of aromatic nitrogens is 3. The van der Waals surface area contributed by atoms with Crippen LogP contribution in [0.3, 0.4) is 0 Å². The number of methoxy groups -OCH3 is 1. The molecule has 1 aliphatic rings. The first kappa shape index (κ1) is 18.2. The molecule has 0 radical (unpaired) electrons. The van der Waals surface area contributed by atoms with E-state index in [-0.39, 0.29) is 17.3 Å². The van der Waals surface area contributed by atoms with E-state index < -0.39 is 0 Å². The molecular weight excluding hydrogens is 380 g/mol. The van der Waals surface area contributed by atoms with Crippen molar-refractivity contribution in [2.75, 3.05) is 12.5 Å². The van der Waals surface area contributed by atoms with Gasteiger partial charge in [-0.3, -0.25) is 15.0 Å². The van der Waals surface area contributed by atoms with E-state index in [0.29, 0.717) is 45.5 Å². The molecule has 0 bridgehead atoms. The van der Waals surface area contributed by atoms with Gasteiger partial charge in [-0.25, -0.2) is 14.6 Å². The maximum absolute atomic E-state index is 13.4. The summed E-state index contributed by atoms with van der Waals surface area (Å²) in [6.07, 6.45) is 0. The van der Waals surface area contributed by atoms with Crippen molar-refractivity contribution in [2.45, 2.75) is 13.5 Å². The van der Waals surface area contributed by atoms with Crippen molar-refractivity contribution in [3.8, 4) is 11.3 Å². The predicted octanol–water partition coefficient (Wildman–Crippen LogP) is 3.33. The normalized spacial score (nSPS) is 12.1. The van der Waals surface area contributed by atoms with Crippen LogP contribution in [0.5, 0.6) is 0 Å². The quantitative estimate of drug-likeness (QED) is 0.500. The van der Waals surface area contributed by atoms with Gasteiger partial charge >= 0.3 is 0 Å². The van der Waals surface area contributed by atoms with Gasteiger partial charge in [0.05, 0.1) is 23.6 Å². The molecule has 0 fully saturated rings. The Hall–Kier alpha value is -3.84. The van der Waals surface area contributed by atoms with Gasteiger partial charge in [0.2, 0.25) is 5.95 Å². The molecule has 7 nitrogen and oxygen atoms in total.